The summed E-state index contributed by atoms with van der Waals surface area (Å²) >= 11 is 0. The molecule has 1 saturated heterocycles. The minimum absolute atomic E-state index is 0.209. The molecule has 0 radical (unpaired) electrons. The van der Waals surface area contributed by atoms with Gasteiger partial charge in [-0.15, -0.1) is 0 Å². The predicted octanol–water partition coefficient (Wildman–Crippen LogP) is 2.84. The van der Waals surface area contributed by atoms with Gasteiger partial charge < -0.3 is 10.2 Å². The lowest BCUT2D eigenvalue weighted by atomic mass is 10.1. The molecule has 2 aromatic rings. The molecule has 1 aliphatic rings. The normalized spacial score (nSPS) is 15.7. The quantitative estimate of drug-likeness (QED) is 0.899. The molecule has 0 saturated carbocycles. The van der Waals surface area contributed by atoms with Crippen LogP contribution in [0.5, 0.6) is 0 Å². The van der Waals surface area contributed by atoms with E-state index >= 15 is 0 Å². The van der Waals surface area contributed by atoms with Gasteiger partial charge in [-0.3, -0.25) is 0 Å². The van der Waals surface area contributed by atoms with Crippen molar-refractivity contribution in [3.8, 4) is 0 Å². The van der Waals surface area contributed by atoms with Gasteiger partial charge in [0, 0.05) is 31.9 Å². The Kier molecular flexibility index (Phi) is 5.29. The first-order chi connectivity index (χ1) is 12.4. The van der Waals surface area contributed by atoms with Crippen molar-refractivity contribution in [3.63, 3.8) is 0 Å². The molecule has 0 spiro atoms. The molecule has 0 unspecified atom stereocenters. The second kappa shape index (κ2) is 7.47. The maximum Gasteiger partial charge on any atom is 0.321 e. The Morgan fingerprint density at radius 3 is 2.19 bits per heavy atom. The van der Waals surface area contributed by atoms with Gasteiger partial charge in [0.25, 0.3) is 0 Å². The number of piperazine rings is 1. The van der Waals surface area contributed by atoms with E-state index in [-0.39, 0.29) is 19.1 Å². The Balaban J connectivity index is 1.64. The fourth-order valence-corrected chi connectivity index (χ4v) is 4.39. The molecular formula is C19H23N3O3S. The number of para-hydroxylation sites is 1. The molecule has 0 aromatic heterocycles. The van der Waals surface area contributed by atoms with Crippen molar-refractivity contribution in [1.29, 1.82) is 0 Å². The van der Waals surface area contributed by atoms with Crippen LogP contribution in [0.25, 0.3) is 0 Å². The summed E-state index contributed by atoms with van der Waals surface area (Å²) in [6.07, 6.45) is 0. The van der Waals surface area contributed by atoms with Crippen molar-refractivity contribution in [2.45, 2.75) is 18.7 Å². The van der Waals surface area contributed by atoms with E-state index in [0.717, 1.165) is 16.8 Å². The third-order valence-corrected chi connectivity index (χ3v) is 6.56. The number of hydrogen-bond donors (Lipinski definition) is 1. The molecule has 26 heavy (non-hydrogen) atoms. The number of anilines is 1. The Morgan fingerprint density at radius 2 is 1.58 bits per heavy atom. The first-order valence-electron chi connectivity index (χ1n) is 8.56. The molecule has 3 rings (SSSR count). The van der Waals surface area contributed by atoms with Gasteiger partial charge in [0.05, 0.1) is 4.90 Å². The number of benzene rings is 2. The molecule has 0 aliphatic carbocycles. The highest BCUT2D eigenvalue weighted by Crippen LogP contribution is 2.20. The SMILES string of the molecule is Cc1ccc(S(=O)(=O)N2CCN(C(=O)Nc3ccccc3)CC2)cc1C. The second-order valence-electron chi connectivity index (χ2n) is 6.43. The summed E-state index contributed by atoms with van der Waals surface area (Å²) in [6, 6.07) is 14.2. The van der Waals surface area contributed by atoms with Crippen molar-refractivity contribution in [2.75, 3.05) is 31.5 Å². The molecule has 0 atom stereocenters. The van der Waals surface area contributed by atoms with Crippen LogP contribution in [0, 0.1) is 13.8 Å². The van der Waals surface area contributed by atoms with E-state index in [0.29, 0.717) is 18.0 Å². The minimum atomic E-state index is -3.53. The van der Waals surface area contributed by atoms with Gasteiger partial charge in [-0.1, -0.05) is 24.3 Å². The molecule has 1 aliphatic heterocycles. The lowest BCUT2D eigenvalue weighted by Gasteiger charge is -2.34. The van der Waals surface area contributed by atoms with E-state index in [4.69, 9.17) is 0 Å². The van der Waals surface area contributed by atoms with Gasteiger partial charge in [0.1, 0.15) is 0 Å². The van der Waals surface area contributed by atoms with Crippen LogP contribution in [-0.2, 0) is 10.0 Å². The van der Waals surface area contributed by atoms with E-state index < -0.39 is 10.0 Å². The number of hydrogen-bond acceptors (Lipinski definition) is 3. The topological polar surface area (TPSA) is 69.7 Å². The Labute approximate surface area is 154 Å². The Hall–Kier alpha value is -2.38. The maximum absolute atomic E-state index is 12.8. The molecule has 6 nitrogen and oxygen atoms in total. The number of urea groups is 1. The minimum Gasteiger partial charge on any atom is -0.322 e. The number of carbonyl (C=O) groups is 1. The number of aryl methyl sites for hydroxylation is 2. The molecule has 138 valence electrons. The summed E-state index contributed by atoms with van der Waals surface area (Å²) in [5.41, 5.74) is 2.74. The fraction of sp³-hybridized carbons (Fsp3) is 0.316. The summed E-state index contributed by atoms with van der Waals surface area (Å²) in [6.45, 7) is 5.16. The smallest absolute Gasteiger partial charge is 0.321 e. The van der Waals surface area contributed by atoms with Crippen LogP contribution in [-0.4, -0.2) is 49.8 Å². The maximum atomic E-state index is 12.8. The largest absolute Gasteiger partial charge is 0.322 e. The monoisotopic (exact) mass is 373 g/mol. The number of nitrogens with one attached hydrogen (secondary N) is 1. The van der Waals surface area contributed by atoms with Gasteiger partial charge in [0.2, 0.25) is 10.0 Å². The molecule has 2 amide bonds. The van der Waals surface area contributed by atoms with Gasteiger partial charge in [-0.25, -0.2) is 13.2 Å². The van der Waals surface area contributed by atoms with Crippen molar-refractivity contribution < 1.29 is 13.2 Å². The summed E-state index contributed by atoms with van der Waals surface area (Å²) in [5.74, 6) is 0. The number of carbonyl (C=O) groups excluding carboxylic acids is 1. The van der Waals surface area contributed by atoms with Crippen LogP contribution in [0.1, 0.15) is 11.1 Å². The first kappa shape index (κ1) is 18.4. The van der Waals surface area contributed by atoms with Gasteiger partial charge >= 0.3 is 6.03 Å². The Morgan fingerprint density at radius 1 is 0.923 bits per heavy atom. The second-order valence-corrected chi connectivity index (χ2v) is 8.37. The van der Waals surface area contributed by atoms with Gasteiger partial charge in [-0.05, 0) is 49.2 Å². The average Bonchev–Trinajstić information content (AvgIpc) is 2.65. The van der Waals surface area contributed by atoms with Crippen molar-refractivity contribution in [3.05, 3.63) is 59.7 Å². The standard InChI is InChI=1S/C19H23N3O3S/c1-15-8-9-18(14-16(15)2)26(24,25)22-12-10-21(11-13-22)19(23)20-17-6-4-3-5-7-17/h3-9,14H,10-13H2,1-2H3,(H,20,23). The highest BCUT2D eigenvalue weighted by molar-refractivity contribution is 7.89. The highest BCUT2D eigenvalue weighted by atomic mass is 32.2. The van der Waals surface area contributed by atoms with Gasteiger partial charge in [-0.2, -0.15) is 4.31 Å². The Bertz CT molecular complexity index is 890. The van der Waals surface area contributed by atoms with Gasteiger partial charge in [0.15, 0.2) is 0 Å². The zero-order valence-corrected chi connectivity index (χ0v) is 15.8. The number of nitrogens with zero attached hydrogens (tertiary/aromatic N) is 2. The third-order valence-electron chi connectivity index (χ3n) is 4.67. The predicted molar refractivity (Wildman–Crippen MR) is 102 cm³/mol. The third kappa shape index (κ3) is 3.89. The van der Waals surface area contributed by atoms with Crippen LogP contribution < -0.4 is 5.32 Å². The van der Waals surface area contributed by atoms with E-state index in [1.165, 1.54) is 4.31 Å². The first-order valence-corrected chi connectivity index (χ1v) is 10.0. The molecular weight excluding hydrogens is 350 g/mol. The van der Waals surface area contributed by atoms with E-state index in [1.54, 1.807) is 17.0 Å². The number of sulfonamides is 1. The van der Waals surface area contributed by atoms with Crippen molar-refractivity contribution >= 4 is 21.7 Å². The summed E-state index contributed by atoms with van der Waals surface area (Å²) in [7, 11) is -3.53. The molecule has 2 aromatic carbocycles. The number of rotatable bonds is 3. The summed E-state index contributed by atoms with van der Waals surface area (Å²) < 4.78 is 27.1. The molecule has 7 heteroatoms. The average molecular weight is 373 g/mol. The fourth-order valence-electron chi connectivity index (χ4n) is 2.88. The van der Waals surface area contributed by atoms with Crippen molar-refractivity contribution in [2.24, 2.45) is 0 Å². The zero-order valence-electron chi connectivity index (χ0n) is 15.0. The van der Waals surface area contributed by atoms with Crippen molar-refractivity contribution in [1.82, 2.24) is 9.21 Å². The molecule has 1 heterocycles. The van der Waals surface area contributed by atoms with Crippen LogP contribution in [0.15, 0.2) is 53.4 Å². The lowest BCUT2D eigenvalue weighted by Crippen LogP contribution is -2.51. The zero-order chi connectivity index (χ0) is 18.7. The van der Waals surface area contributed by atoms with Crippen LogP contribution in [0.4, 0.5) is 10.5 Å². The van der Waals surface area contributed by atoms with Crippen LogP contribution in [0.2, 0.25) is 0 Å². The summed E-state index contributed by atoms with van der Waals surface area (Å²) in [5, 5.41) is 2.83. The van der Waals surface area contributed by atoms with E-state index in [2.05, 4.69) is 5.32 Å². The highest BCUT2D eigenvalue weighted by Gasteiger charge is 2.30. The molecule has 0 bridgehead atoms. The number of amides is 2. The summed E-state index contributed by atoms with van der Waals surface area (Å²) in [4.78, 5) is 14.3. The molecule has 1 N–H and O–H groups in total. The lowest BCUT2D eigenvalue weighted by molar-refractivity contribution is 0.184. The van der Waals surface area contributed by atoms with Crippen LogP contribution >= 0.6 is 0 Å². The van der Waals surface area contributed by atoms with Crippen LogP contribution in [0.3, 0.4) is 0 Å². The molecule has 1 fully saturated rings. The van der Waals surface area contributed by atoms with E-state index in [9.17, 15) is 13.2 Å². The van der Waals surface area contributed by atoms with E-state index in [1.807, 2.05) is 50.2 Å².